The number of anilines is 2. The first-order valence-electron chi connectivity index (χ1n) is 9.02. The van der Waals surface area contributed by atoms with Gasteiger partial charge in [-0.15, -0.1) is 0 Å². The number of nitrogens with one attached hydrogen (secondary N) is 2. The lowest BCUT2D eigenvalue weighted by molar-refractivity contribution is -0.140. The molecule has 0 radical (unpaired) electrons. The van der Waals surface area contributed by atoms with E-state index in [1.807, 2.05) is 4.90 Å². The Hall–Kier alpha value is -2.76. The van der Waals surface area contributed by atoms with Crippen molar-refractivity contribution < 1.29 is 27.4 Å². The van der Waals surface area contributed by atoms with Crippen molar-refractivity contribution in [3.63, 3.8) is 0 Å². The first-order valence-corrected chi connectivity index (χ1v) is 9.02. The molecule has 0 aliphatic carbocycles. The Bertz CT molecular complexity index is 872. The van der Waals surface area contributed by atoms with E-state index >= 15 is 0 Å². The highest BCUT2D eigenvalue weighted by molar-refractivity contribution is 5.89. The molecule has 29 heavy (non-hydrogen) atoms. The number of hydrogen-bond acceptors (Lipinski definition) is 7. The van der Waals surface area contributed by atoms with Gasteiger partial charge in [-0.25, -0.2) is 20.2 Å². The summed E-state index contributed by atoms with van der Waals surface area (Å²) >= 11 is 0. The molecule has 3 heterocycles. The topological polar surface area (TPSA) is 93.5 Å². The Morgan fingerprint density at radius 3 is 2.59 bits per heavy atom. The van der Waals surface area contributed by atoms with Gasteiger partial charge in [-0.05, 0) is 20.8 Å². The highest BCUT2D eigenvalue weighted by atomic mass is 19.4. The van der Waals surface area contributed by atoms with Crippen molar-refractivity contribution >= 4 is 28.8 Å². The van der Waals surface area contributed by atoms with Gasteiger partial charge in [-0.1, -0.05) is 0 Å². The molecule has 1 aliphatic heterocycles. The van der Waals surface area contributed by atoms with E-state index in [-0.39, 0.29) is 11.5 Å². The minimum absolute atomic E-state index is 0.0554. The molecular weight excluding hydrogens is 393 g/mol. The van der Waals surface area contributed by atoms with Crippen LogP contribution in [0.25, 0.3) is 11.2 Å². The van der Waals surface area contributed by atoms with Crippen LogP contribution < -0.4 is 15.8 Å². The summed E-state index contributed by atoms with van der Waals surface area (Å²) in [7, 11) is 0. The summed E-state index contributed by atoms with van der Waals surface area (Å²) in [5, 5.41) is 0. The van der Waals surface area contributed by atoms with Crippen molar-refractivity contribution in [3.05, 3.63) is 12.4 Å². The number of halogens is 3. The number of hydrogen-bond donors (Lipinski definition) is 2. The van der Waals surface area contributed by atoms with Crippen molar-refractivity contribution in [1.82, 2.24) is 20.0 Å². The SMILES string of the molecule is CC(C)(C)OC(=O)NNc1cc(N2CCOCC2)c2ncn(CC(F)(F)F)c2n1. The zero-order valence-electron chi connectivity index (χ0n) is 16.3. The number of alkyl halides is 3. The van der Waals surface area contributed by atoms with Crippen molar-refractivity contribution in [2.24, 2.45) is 0 Å². The average Bonchev–Trinajstić information content (AvgIpc) is 3.00. The molecule has 0 spiro atoms. The molecule has 9 nitrogen and oxygen atoms in total. The molecular formula is C17H23F3N6O3. The highest BCUT2D eigenvalue weighted by Crippen LogP contribution is 2.30. The molecule has 2 aromatic heterocycles. The van der Waals surface area contributed by atoms with E-state index < -0.39 is 24.4 Å². The van der Waals surface area contributed by atoms with E-state index in [1.165, 1.54) is 0 Å². The number of imidazole rings is 1. The van der Waals surface area contributed by atoms with Crippen LogP contribution in [0.3, 0.4) is 0 Å². The first kappa shape index (κ1) is 21.0. The van der Waals surface area contributed by atoms with Crippen LogP contribution in [0.1, 0.15) is 20.8 Å². The number of nitrogens with zero attached hydrogens (tertiary/aromatic N) is 4. The molecule has 1 aliphatic rings. The molecule has 2 aromatic rings. The van der Waals surface area contributed by atoms with Gasteiger partial charge in [0.1, 0.15) is 23.5 Å². The summed E-state index contributed by atoms with van der Waals surface area (Å²) in [6.45, 7) is 6.02. The summed E-state index contributed by atoms with van der Waals surface area (Å²) in [5.41, 5.74) is 5.25. The fraction of sp³-hybridized carbons (Fsp3) is 0.588. The van der Waals surface area contributed by atoms with E-state index in [1.54, 1.807) is 26.8 Å². The second-order valence-electron chi connectivity index (χ2n) is 7.54. The van der Waals surface area contributed by atoms with Crippen molar-refractivity contribution in [2.45, 2.75) is 39.1 Å². The number of amides is 1. The molecule has 2 N–H and O–H groups in total. The number of ether oxygens (including phenoxy) is 2. The predicted molar refractivity (Wildman–Crippen MR) is 99.6 cm³/mol. The number of carbonyl (C=O) groups is 1. The van der Waals surface area contributed by atoms with Gasteiger partial charge in [-0.2, -0.15) is 13.2 Å². The van der Waals surface area contributed by atoms with Gasteiger partial charge in [-0.3, -0.25) is 5.43 Å². The summed E-state index contributed by atoms with van der Waals surface area (Å²) in [6.07, 6.45) is -4.05. The molecule has 1 fully saturated rings. The standard InChI is InChI=1S/C17H23F3N6O3/c1-16(2,3)29-15(27)24-23-12-8-11(25-4-6-28-7-5-25)13-14(22-12)26(10-21-13)9-17(18,19)20/h8,10H,4-7,9H2,1-3H3,(H,22,23)(H,24,27). The highest BCUT2D eigenvalue weighted by Gasteiger charge is 2.30. The molecule has 3 rings (SSSR count). The lowest BCUT2D eigenvalue weighted by Crippen LogP contribution is -2.37. The lowest BCUT2D eigenvalue weighted by atomic mass is 10.2. The third kappa shape index (κ3) is 5.62. The van der Waals surface area contributed by atoms with E-state index in [0.29, 0.717) is 37.5 Å². The van der Waals surface area contributed by atoms with Crippen LogP contribution in [0.15, 0.2) is 12.4 Å². The van der Waals surface area contributed by atoms with Crippen LogP contribution in [-0.2, 0) is 16.0 Å². The maximum Gasteiger partial charge on any atom is 0.426 e. The molecule has 1 saturated heterocycles. The number of carbonyl (C=O) groups excluding carboxylic acids is 1. The summed E-state index contributed by atoms with van der Waals surface area (Å²) in [6, 6.07) is 1.62. The Labute approximate surface area is 165 Å². The molecule has 0 atom stereocenters. The van der Waals surface area contributed by atoms with Crippen LogP contribution in [0, 0.1) is 0 Å². The average molecular weight is 416 g/mol. The third-order valence-corrected chi connectivity index (χ3v) is 3.95. The number of pyridine rings is 1. The number of morpholine rings is 1. The van der Waals surface area contributed by atoms with E-state index in [2.05, 4.69) is 20.8 Å². The van der Waals surface area contributed by atoms with Gasteiger partial charge in [0.25, 0.3) is 0 Å². The van der Waals surface area contributed by atoms with Crippen molar-refractivity contribution in [3.8, 4) is 0 Å². The van der Waals surface area contributed by atoms with Gasteiger partial charge in [0, 0.05) is 19.2 Å². The molecule has 1 amide bonds. The van der Waals surface area contributed by atoms with Crippen molar-refractivity contribution in [2.75, 3.05) is 36.6 Å². The Balaban J connectivity index is 1.91. The Morgan fingerprint density at radius 1 is 1.28 bits per heavy atom. The first-order chi connectivity index (χ1) is 13.5. The zero-order chi connectivity index (χ0) is 21.2. The monoisotopic (exact) mass is 416 g/mol. The molecule has 0 saturated carbocycles. The van der Waals surface area contributed by atoms with Gasteiger partial charge < -0.3 is 18.9 Å². The van der Waals surface area contributed by atoms with Crippen LogP contribution in [0.4, 0.5) is 29.5 Å². The van der Waals surface area contributed by atoms with Gasteiger partial charge >= 0.3 is 12.3 Å². The van der Waals surface area contributed by atoms with E-state index in [4.69, 9.17) is 9.47 Å². The van der Waals surface area contributed by atoms with Crippen LogP contribution in [0.2, 0.25) is 0 Å². The van der Waals surface area contributed by atoms with E-state index in [0.717, 1.165) is 10.9 Å². The van der Waals surface area contributed by atoms with E-state index in [9.17, 15) is 18.0 Å². The lowest BCUT2D eigenvalue weighted by Gasteiger charge is -2.29. The van der Waals surface area contributed by atoms with Crippen LogP contribution >= 0.6 is 0 Å². The second kappa shape index (κ2) is 7.93. The maximum absolute atomic E-state index is 12.9. The summed E-state index contributed by atoms with van der Waals surface area (Å²) in [5.74, 6) is 0.161. The molecule has 12 heteroatoms. The maximum atomic E-state index is 12.9. The molecule has 0 bridgehead atoms. The predicted octanol–water partition coefficient (Wildman–Crippen LogP) is 2.68. The molecule has 0 unspecified atom stereocenters. The molecule has 0 aromatic carbocycles. The number of fused-ring (bicyclic) bond motifs is 1. The third-order valence-electron chi connectivity index (χ3n) is 3.95. The fourth-order valence-corrected chi connectivity index (χ4v) is 2.85. The number of hydrazine groups is 1. The van der Waals surface area contributed by atoms with Gasteiger partial charge in [0.05, 0.1) is 25.2 Å². The Morgan fingerprint density at radius 2 is 1.97 bits per heavy atom. The largest absolute Gasteiger partial charge is 0.443 e. The van der Waals surface area contributed by atoms with Crippen LogP contribution in [-0.4, -0.2) is 58.7 Å². The van der Waals surface area contributed by atoms with Gasteiger partial charge in [0.2, 0.25) is 0 Å². The van der Waals surface area contributed by atoms with Crippen LogP contribution in [0.5, 0.6) is 0 Å². The molecule has 160 valence electrons. The van der Waals surface area contributed by atoms with Crippen molar-refractivity contribution in [1.29, 1.82) is 0 Å². The minimum atomic E-state index is -4.42. The fourth-order valence-electron chi connectivity index (χ4n) is 2.85. The quantitative estimate of drug-likeness (QED) is 0.740. The second-order valence-corrected chi connectivity index (χ2v) is 7.54. The normalized spacial score (nSPS) is 15.4. The Kier molecular flexibility index (Phi) is 5.73. The minimum Gasteiger partial charge on any atom is -0.443 e. The van der Waals surface area contributed by atoms with Gasteiger partial charge in [0.15, 0.2) is 5.65 Å². The number of aromatic nitrogens is 3. The summed E-state index contributed by atoms with van der Waals surface area (Å²) in [4.78, 5) is 22.2. The summed E-state index contributed by atoms with van der Waals surface area (Å²) < 4.78 is 50.2. The smallest absolute Gasteiger partial charge is 0.426 e. The number of rotatable bonds is 4. The zero-order valence-corrected chi connectivity index (χ0v) is 16.3.